The van der Waals surface area contributed by atoms with Crippen molar-refractivity contribution in [1.29, 1.82) is 0 Å². The number of carbonyl (C=O) groups excluding carboxylic acids is 1. The van der Waals surface area contributed by atoms with Crippen molar-refractivity contribution in [2.75, 3.05) is 0 Å². The van der Waals surface area contributed by atoms with Gasteiger partial charge in [-0.3, -0.25) is 4.79 Å². The molecule has 3 nitrogen and oxygen atoms in total. The Hall–Kier alpha value is -1.69. The topological polar surface area (TPSA) is 34.4 Å². The van der Waals surface area contributed by atoms with Crippen molar-refractivity contribution < 1.29 is 4.79 Å². The van der Waals surface area contributed by atoms with E-state index in [4.69, 9.17) is 11.6 Å². The van der Waals surface area contributed by atoms with E-state index < -0.39 is 0 Å². The van der Waals surface area contributed by atoms with E-state index in [-0.39, 0.29) is 5.91 Å². The summed E-state index contributed by atoms with van der Waals surface area (Å²) in [6.45, 7) is 4.98. The van der Waals surface area contributed by atoms with Gasteiger partial charge in [0.2, 0.25) is 0 Å². The molecular weight excluding hydrogens is 444 g/mol. The van der Waals surface area contributed by atoms with Crippen LogP contribution in [-0.4, -0.2) is 10.5 Å². The Morgan fingerprint density at radius 1 is 1.19 bits per heavy atom. The summed E-state index contributed by atoms with van der Waals surface area (Å²) in [7, 11) is 0. The van der Waals surface area contributed by atoms with Gasteiger partial charge in [-0.15, -0.1) is 11.3 Å². The van der Waals surface area contributed by atoms with Gasteiger partial charge in [0.1, 0.15) is 0 Å². The van der Waals surface area contributed by atoms with Crippen LogP contribution in [0.3, 0.4) is 0 Å². The second-order valence-electron chi connectivity index (χ2n) is 6.08. The first-order chi connectivity index (χ1) is 13.0. The van der Waals surface area contributed by atoms with Gasteiger partial charge in [-0.2, -0.15) is 4.99 Å². The van der Waals surface area contributed by atoms with Crippen molar-refractivity contribution in [2.45, 2.75) is 33.2 Å². The molecular formula is C21H20BrClN2OS. The third-order valence-electron chi connectivity index (χ3n) is 4.16. The Morgan fingerprint density at radius 3 is 2.56 bits per heavy atom. The minimum absolute atomic E-state index is 0.272. The van der Waals surface area contributed by atoms with E-state index in [1.165, 1.54) is 4.88 Å². The van der Waals surface area contributed by atoms with Crippen molar-refractivity contribution in [3.8, 4) is 11.3 Å². The van der Waals surface area contributed by atoms with Gasteiger partial charge in [-0.05, 0) is 49.2 Å². The lowest BCUT2D eigenvalue weighted by Crippen LogP contribution is -2.17. The van der Waals surface area contributed by atoms with Crippen molar-refractivity contribution in [2.24, 2.45) is 4.99 Å². The Morgan fingerprint density at radius 2 is 1.93 bits per heavy atom. The molecule has 1 amide bonds. The molecule has 0 atom stereocenters. The number of thiazole rings is 1. The fourth-order valence-electron chi connectivity index (χ4n) is 2.93. The van der Waals surface area contributed by atoms with Gasteiger partial charge in [-0.25, -0.2) is 0 Å². The van der Waals surface area contributed by atoms with Gasteiger partial charge in [0.15, 0.2) is 4.80 Å². The standard InChI is InChI=1S/C21H20BrClN2OS/c1-3-6-18-19(14-9-11-16(22)12-10-14)25(4-2)21(27-18)24-20(26)15-7-5-8-17(23)13-15/h5,7-13H,3-4,6H2,1-2H3. The number of benzene rings is 2. The molecule has 0 aliphatic heterocycles. The minimum atomic E-state index is -0.272. The summed E-state index contributed by atoms with van der Waals surface area (Å²) in [6, 6.07) is 15.2. The summed E-state index contributed by atoms with van der Waals surface area (Å²) in [4.78, 5) is 19.1. The molecule has 0 spiro atoms. The van der Waals surface area contributed by atoms with E-state index in [0.29, 0.717) is 10.6 Å². The van der Waals surface area contributed by atoms with E-state index in [1.54, 1.807) is 35.6 Å². The first-order valence-electron chi connectivity index (χ1n) is 8.86. The monoisotopic (exact) mass is 462 g/mol. The summed E-state index contributed by atoms with van der Waals surface area (Å²) in [5, 5.41) is 0.535. The van der Waals surface area contributed by atoms with Gasteiger partial charge in [0.05, 0.1) is 5.69 Å². The molecule has 0 radical (unpaired) electrons. The fourth-order valence-corrected chi connectivity index (χ4v) is 4.70. The summed E-state index contributed by atoms with van der Waals surface area (Å²) in [6.07, 6.45) is 1.99. The van der Waals surface area contributed by atoms with Crippen LogP contribution in [0.5, 0.6) is 0 Å². The Labute approximate surface area is 176 Å². The van der Waals surface area contributed by atoms with Gasteiger partial charge >= 0.3 is 0 Å². The van der Waals surface area contributed by atoms with Crippen molar-refractivity contribution in [3.63, 3.8) is 0 Å². The number of nitrogens with zero attached hydrogens (tertiary/aromatic N) is 2. The van der Waals surface area contributed by atoms with Crippen LogP contribution in [-0.2, 0) is 13.0 Å². The van der Waals surface area contributed by atoms with Gasteiger partial charge in [0.25, 0.3) is 5.91 Å². The first-order valence-corrected chi connectivity index (χ1v) is 10.8. The van der Waals surface area contributed by atoms with E-state index >= 15 is 0 Å². The number of halogens is 2. The predicted octanol–water partition coefficient (Wildman–Crippen LogP) is 6.35. The molecule has 27 heavy (non-hydrogen) atoms. The number of amides is 1. The van der Waals surface area contributed by atoms with E-state index in [2.05, 4.69) is 51.5 Å². The van der Waals surface area contributed by atoms with Crippen molar-refractivity contribution in [1.82, 2.24) is 4.57 Å². The Kier molecular flexibility index (Phi) is 6.68. The Balaban J connectivity index is 2.14. The summed E-state index contributed by atoms with van der Waals surface area (Å²) in [5.74, 6) is -0.272. The van der Waals surface area contributed by atoms with Crippen molar-refractivity contribution >= 4 is 44.8 Å². The zero-order valence-electron chi connectivity index (χ0n) is 15.2. The molecule has 1 aromatic heterocycles. The second kappa shape index (κ2) is 9.00. The van der Waals surface area contributed by atoms with Gasteiger partial charge < -0.3 is 4.57 Å². The second-order valence-corrected chi connectivity index (χ2v) is 8.50. The zero-order valence-corrected chi connectivity index (χ0v) is 18.4. The minimum Gasteiger partial charge on any atom is -0.316 e. The van der Waals surface area contributed by atoms with Crippen LogP contribution in [0.4, 0.5) is 0 Å². The lowest BCUT2D eigenvalue weighted by Gasteiger charge is -2.09. The number of hydrogen-bond donors (Lipinski definition) is 0. The first kappa shape index (κ1) is 20.1. The highest BCUT2D eigenvalue weighted by atomic mass is 79.9. The lowest BCUT2D eigenvalue weighted by atomic mass is 10.1. The summed E-state index contributed by atoms with van der Waals surface area (Å²) < 4.78 is 3.17. The highest BCUT2D eigenvalue weighted by Gasteiger charge is 2.15. The molecule has 3 rings (SSSR count). The SMILES string of the molecule is CCCc1sc(=NC(=O)c2cccc(Cl)c2)n(CC)c1-c1ccc(Br)cc1. The van der Waals surface area contributed by atoms with Crippen LogP contribution < -0.4 is 4.80 Å². The van der Waals surface area contributed by atoms with Crippen molar-refractivity contribution in [3.05, 3.63) is 73.3 Å². The molecule has 0 aliphatic rings. The quantitative estimate of drug-likeness (QED) is 0.434. The summed E-state index contributed by atoms with van der Waals surface area (Å²) >= 11 is 11.1. The molecule has 0 unspecified atom stereocenters. The predicted molar refractivity (Wildman–Crippen MR) is 116 cm³/mol. The fraction of sp³-hybridized carbons (Fsp3) is 0.238. The molecule has 0 N–H and O–H groups in total. The summed E-state index contributed by atoms with van der Waals surface area (Å²) in [5.41, 5.74) is 2.78. The van der Waals surface area contributed by atoms with E-state index in [1.807, 2.05) is 12.1 Å². The highest BCUT2D eigenvalue weighted by molar-refractivity contribution is 9.10. The molecule has 1 heterocycles. The van der Waals surface area contributed by atoms with Crippen LogP contribution in [0.15, 0.2) is 58.0 Å². The molecule has 3 aromatic rings. The Bertz CT molecular complexity index is 1020. The lowest BCUT2D eigenvalue weighted by molar-refractivity contribution is 0.0998. The van der Waals surface area contributed by atoms with Crippen LogP contribution in [0, 0.1) is 0 Å². The third kappa shape index (κ3) is 4.60. The number of aryl methyl sites for hydroxylation is 1. The van der Waals surface area contributed by atoms with Crippen LogP contribution >= 0.6 is 38.9 Å². The molecule has 6 heteroatoms. The van der Waals surface area contributed by atoms with Crippen LogP contribution in [0.2, 0.25) is 5.02 Å². The molecule has 0 fully saturated rings. The molecule has 2 aromatic carbocycles. The molecule has 0 bridgehead atoms. The molecule has 140 valence electrons. The molecule has 0 saturated carbocycles. The van der Waals surface area contributed by atoms with E-state index in [9.17, 15) is 4.79 Å². The number of hydrogen-bond acceptors (Lipinski definition) is 2. The average Bonchev–Trinajstić information content (AvgIpc) is 2.99. The van der Waals surface area contributed by atoms with Gasteiger partial charge in [0, 0.05) is 26.5 Å². The highest BCUT2D eigenvalue weighted by Crippen LogP contribution is 2.28. The zero-order chi connectivity index (χ0) is 19.4. The smallest absolute Gasteiger partial charge is 0.279 e. The number of rotatable bonds is 5. The average molecular weight is 464 g/mol. The third-order valence-corrected chi connectivity index (χ3v) is 6.06. The largest absolute Gasteiger partial charge is 0.316 e. The van der Waals surface area contributed by atoms with E-state index in [0.717, 1.165) is 39.9 Å². The molecule has 0 saturated heterocycles. The van der Waals surface area contributed by atoms with Gasteiger partial charge in [-0.1, -0.05) is 59.1 Å². The number of carbonyl (C=O) groups is 1. The molecule has 0 aliphatic carbocycles. The van der Waals surface area contributed by atoms with Crippen LogP contribution in [0.25, 0.3) is 11.3 Å². The maximum Gasteiger partial charge on any atom is 0.279 e. The maximum absolute atomic E-state index is 12.7. The maximum atomic E-state index is 12.7. The normalized spacial score (nSPS) is 11.8. The number of aromatic nitrogens is 1. The van der Waals surface area contributed by atoms with Crippen LogP contribution in [0.1, 0.15) is 35.5 Å².